The highest BCUT2D eigenvalue weighted by atomic mass is 32.2. The number of aryl methyl sites for hydroxylation is 2. The van der Waals surface area contributed by atoms with Gasteiger partial charge in [-0.2, -0.15) is 20.1 Å². The van der Waals surface area contributed by atoms with Gasteiger partial charge >= 0.3 is 0 Å². The fraction of sp³-hybridized carbons (Fsp3) is 0.385. The molecule has 3 rings (SSSR count). The van der Waals surface area contributed by atoms with Crippen LogP contribution in [0, 0.1) is 13.8 Å². The molecule has 0 spiro atoms. The van der Waals surface area contributed by atoms with Crippen molar-refractivity contribution in [1.82, 2.24) is 39.6 Å². The highest BCUT2D eigenvalue weighted by Gasteiger charge is 2.16. The molecule has 0 aliphatic carbocycles. The lowest BCUT2D eigenvalue weighted by Crippen LogP contribution is -2.17. The fourth-order valence-corrected chi connectivity index (χ4v) is 2.87. The quantitative estimate of drug-likeness (QED) is 0.468. The maximum absolute atomic E-state index is 6.11. The van der Waals surface area contributed by atoms with Crippen LogP contribution in [-0.4, -0.2) is 53.7 Å². The van der Waals surface area contributed by atoms with Gasteiger partial charge < -0.3 is 16.5 Å². The first-order valence-electron chi connectivity index (χ1n) is 7.40. The van der Waals surface area contributed by atoms with E-state index in [4.69, 9.17) is 11.6 Å². The number of nitrogens with two attached hydrogens (primary N) is 2. The Bertz CT molecular complexity index is 898. The Morgan fingerprint density at radius 1 is 1.16 bits per heavy atom. The molecular formula is C13H19N11S. The number of thioether (sulfide) groups is 1. The Balaban J connectivity index is 1.80. The summed E-state index contributed by atoms with van der Waals surface area (Å²) in [5.74, 6) is 8.19. The van der Waals surface area contributed by atoms with Gasteiger partial charge in [-0.15, -0.1) is 10.2 Å². The van der Waals surface area contributed by atoms with E-state index in [9.17, 15) is 0 Å². The van der Waals surface area contributed by atoms with Crippen LogP contribution in [0.4, 0.5) is 11.9 Å². The third kappa shape index (κ3) is 3.47. The average molecular weight is 361 g/mol. The Hall–Kier alpha value is -2.89. The van der Waals surface area contributed by atoms with Crippen molar-refractivity contribution in [3.05, 3.63) is 23.3 Å². The fourth-order valence-electron chi connectivity index (χ4n) is 2.16. The Kier molecular flexibility index (Phi) is 4.44. The van der Waals surface area contributed by atoms with E-state index in [0.29, 0.717) is 28.6 Å². The van der Waals surface area contributed by atoms with Gasteiger partial charge in [0.2, 0.25) is 17.1 Å². The molecule has 0 saturated heterocycles. The summed E-state index contributed by atoms with van der Waals surface area (Å²) in [6, 6.07) is 1.94. The number of aromatic nitrogens is 8. The maximum atomic E-state index is 6.11. The SMILES string of the molecule is Cc1cc(C)n(-c2nnc(SCc3nc(N)nc(N(C)C)n3)n2N)n1. The molecule has 3 aromatic heterocycles. The summed E-state index contributed by atoms with van der Waals surface area (Å²) in [6.45, 7) is 3.84. The molecule has 25 heavy (non-hydrogen) atoms. The molecule has 0 atom stereocenters. The third-order valence-electron chi connectivity index (χ3n) is 3.26. The second kappa shape index (κ2) is 6.55. The van der Waals surface area contributed by atoms with Crippen LogP contribution in [0.3, 0.4) is 0 Å². The molecule has 0 aliphatic heterocycles. The molecule has 4 N–H and O–H groups in total. The van der Waals surface area contributed by atoms with Gasteiger partial charge in [0, 0.05) is 19.8 Å². The lowest BCUT2D eigenvalue weighted by Gasteiger charge is -2.11. The van der Waals surface area contributed by atoms with Gasteiger partial charge in [-0.05, 0) is 19.9 Å². The van der Waals surface area contributed by atoms with E-state index in [0.717, 1.165) is 11.4 Å². The monoisotopic (exact) mass is 361 g/mol. The Labute approximate surface area is 148 Å². The van der Waals surface area contributed by atoms with E-state index in [1.165, 1.54) is 16.4 Å². The van der Waals surface area contributed by atoms with Gasteiger partial charge in [-0.25, -0.2) is 9.36 Å². The first kappa shape index (κ1) is 17.0. The number of anilines is 2. The van der Waals surface area contributed by atoms with Gasteiger partial charge in [0.1, 0.15) is 5.82 Å². The molecule has 0 bridgehead atoms. The highest BCUT2D eigenvalue weighted by molar-refractivity contribution is 7.98. The van der Waals surface area contributed by atoms with Crippen molar-refractivity contribution in [2.45, 2.75) is 24.8 Å². The van der Waals surface area contributed by atoms with Crippen LogP contribution < -0.4 is 16.5 Å². The highest BCUT2D eigenvalue weighted by Crippen LogP contribution is 2.21. The van der Waals surface area contributed by atoms with Gasteiger partial charge in [-0.3, -0.25) is 0 Å². The van der Waals surface area contributed by atoms with Crippen molar-refractivity contribution in [1.29, 1.82) is 0 Å². The summed E-state index contributed by atoms with van der Waals surface area (Å²) in [7, 11) is 3.67. The van der Waals surface area contributed by atoms with E-state index in [2.05, 4.69) is 30.2 Å². The lowest BCUT2D eigenvalue weighted by molar-refractivity contribution is 0.727. The summed E-state index contributed by atoms with van der Waals surface area (Å²) >= 11 is 1.35. The molecule has 11 nitrogen and oxygen atoms in total. The normalized spacial score (nSPS) is 11.0. The first-order valence-corrected chi connectivity index (χ1v) is 8.38. The third-order valence-corrected chi connectivity index (χ3v) is 4.20. The predicted octanol–water partition coefficient (Wildman–Crippen LogP) is -0.0801. The minimum absolute atomic E-state index is 0.173. The number of nitrogen functional groups attached to an aromatic ring is 2. The minimum Gasteiger partial charge on any atom is -0.368 e. The van der Waals surface area contributed by atoms with E-state index in [1.807, 2.05) is 34.0 Å². The molecule has 3 heterocycles. The second-order valence-electron chi connectivity index (χ2n) is 5.58. The van der Waals surface area contributed by atoms with Crippen molar-refractivity contribution >= 4 is 23.7 Å². The summed E-state index contributed by atoms with van der Waals surface area (Å²) in [5.41, 5.74) is 7.53. The minimum atomic E-state index is 0.173. The van der Waals surface area contributed by atoms with Crippen LogP contribution in [0.5, 0.6) is 0 Å². The molecule has 3 aromatic rings. The molecule has 0 amide bonds. The average Bonchev–Trinajstić information content (AvgIpc) is 3.06. The van der Waals surface area contributed by atoms with Crippen LogP contribution in [0.25, 0.3) is 5.95 Å². The molecule has 0 aliphatic rings. The van der Waals surface area contributed by atoms with Crippen LogP contribution in [0.1, 0.15) is 17.2 Å². The van der Waals surface area contributed by atoms with Gasteiger partial charge in [0.25, 0.3) is 5.95 Å². The smallest absolute Gasteiger partial charge is 0.271 e. The Morgan fingerprint density at radius 2 is 1.92 bits per heavy atom. The summed E-state index contributed by atoms with van der Waals surface area (Å²) in [6.07, 6.45) is 0. The van der Waals surface area contributed by atoms with Crippen molar-refractivity contribution in [2.24, 2.45) is 0 Å². The number of nitrogens with zero attached hydrogens (tertiary/aromatic N) is 9. The van der Waals surface area contributed by atoms with Crippen LogP contribution in [-0.2, 0) is 5.75 Å². The molecule has 12 heteroatoms. The van der Waals surface area contributed by atoms with Gasteiger partial charge in [0.15, 0.2) is 0 Å². The summed E-state index contributed by atoms with van der Waals surface area (Å²) in [5, 5.41) is 13.1. The molecule has 0 aromatic carbocycles. The largest absolute Gasteiger partial charge is 0.368 e. The van der Waals surface area contributed by atoms with Crippen molar-refractivity contribution in [2.75, 3.05) is 30.6 Å². The van der Waals surface area contributed by atoms with E-state index in [1.54, 1.807) is 9.58 Å². The molecule has 0 radical (unpaired) electrons. The van der Waals surface area contributed by atoms with Crippen LogP contribution in [0.15, 0.2) is 11.2 Å². The second-order valence-corrected chi connectivity index (χ2v) is 6.53. The summed E-state index contributed by atoms with van der Waals surface area (Å²) in [4.78, 5) is 14.3. The van der Waals surface area contributed by atoms with E-state index in [-0.39, 0.29) is 5.95 Å². The summed E-state index contributed by atoms with van der Waals surface area (Å²) < 4.78 is 3.04. The molecular weight excluding hydrogens is 342 g/mol. The van der Waals surface area contributed by atoms with Crippen molar-refractivity contribution in [3.63, 3.8) is 0 Å². The zero-order chi connectivity index (χ0) is 18.1. The molecule has 0 unspecified atom stereocenters. The number of hydrogen-bond acceptors (Lipinski definition) is 10. The van der Waals surface area contributed by atoms with E-state index < -0.39 is 0 Å². The molecule has 0 fully saturated rings. The van der Waals surface area contributed by atoms with Crippen LogP contribution in [0.2, 0.25) is 0 Å². The standard InChI is InChI=1S/C13H19N11S/c1-7-5-8(2)24(21-7)12-19-20-13(23(12)15)25-6-9-16-10(14)18-11(17-9)22(3)4/h5H,6,15H2,1-4H3,(H2,14,16,17,18). The Morgan fingerprint density at radius 3 is 2.56 bits per heavy atom. The van der Waals surface area contributed by atoms with Gasteiger partial charge in [0.05, 0.1) is 11.4 Å². The van der Waals surface area contributed by atoms with Gasteiger partial charge in [-0.1, -0.05) is 11.8 Å². The number of hydrogen-bond donors (Lipinski definition) is 2. The zero-order valence-electron chi connectivity index (χ0n) is 14.4. The number of rotatable bonds is 5. The molecule has 132 valence electrons. The van der Waals surface area contributed by atoms with Crippen molar-refractivity contribution < 1.29 is 0 Å². The first-order chi connectivity index (χ1) is 11.8. The zero-order valence-corrected chi connectivity index (χ0v) is 15.2. The van der Waals surface area contributed by atoms with Crippen LogP contribution >= 0.6 is 11.8 Å². The van der Waals surface area contributed by atoms with Crippen molar-refractivity contribution in [3.8, 4) is 5.95 Å². The van der Waals surface area contributed by atoms with E-state index >= 15 is 0 Å². The lowest BCUT2D eigenvalue weighted by atomic mass is 10.4. The maximum Gasteiger partial charge on any atom is 0.271 e. The molecule has 0 saturated carbocycles. The predicted molar refractivity (Wildman–Crippen MR) is 94.9 cm³/mol. The topological polar surface area (TPSA) is 142 Å².